The highest BCUT2D eigenvalue weighted by Gasteiger charge is 2.26. The summed E-state index contributed by atoms with van der Waals surface area (Å²) in [7, 11) is 0. The van der Waals surface area contributed by atoms with Gasteiger partial charge < -0.3 is 9.47 Å². The van der Waals surface area contributed by atoms with Crippen LogP contribution in [0.25, 0.3) is 0 Å². The third-order valence-corrected chi connectivity index (χ3v) is 6.25. The Labute approximate surface area is 187 Å². The second-order valence-electron chi connectivity index (χ2n) is 10.1. The summed E-state index contributed by atoms with van der Waals surface area (Å²) in [5, 5.41) is 0. The molecule has 5 heteroatoms. The molecule has 1 aromatic carbocycles. The minimum atomic E-state index is -0.0495. The molecule has 1 aliphatic rings. The fourth-order valence-corrected chi connectivity index (χ4v) is 4.67. The van der Waals surface area contributed by atoms with E-state index < -0.39 is 0 Å². The predicted octanol–water partition coefficient (Wildman–Crippen LogP) is 4.62. The number of Topliss-reactive ketones (excluding diaryl/α,β-unsaturated/α-hetero) is 1. The van der Waals surface area contributed by atoms with E-state index in [1.165, 1.54) is 5.56 Å². The van der Waals surface area contributed by atoms with E-state index in [0.717, 1.165) is 35.6 Å². The van der Waals surface area contributed by atoms with E-state index in [0.29, 0.717) is 25.6 Å². The summed E-state index contributed by atoms with van der Waals surface area (Å²) in [6, 6.07) is 9.96. The van der Waals surface area contributed by atoms with Gasteiger partial charge in [-0.3, -0.25) is 14.5 Å². The summed E-state index contributed by atoms with van der Waals surface area (Å²) in [5.74, 6) is 0.695. The third kappa shape index (κ3) is 5.09. The van der Waals surface area contributed by atoms with Crippen LogP contribution in [-0.4, -0.2) is 58.8 Å². The summed E-state index contributed by atoms with van der Waals surface area (Å²) >= 11 is 0. The van der Waals surface area contributed by atoms with Gasteiger partial charge in [-0.05, 0) is 64.3 Å². The summed E-state index contributed by atoms with van der Waals surface area (Å²) in [4.78, 5) is 29.9. The van der Waals surface area contributed by atoms with E-state index in [2.05, 4.69) is 51.0 Å². The number of carbonyl (C=O) groups excluding carboxylic acids is 2. The monoisotopic (exact) mass is 423 g/mol. The summed E-state index contributed by atoms with van der Waals surface area (Å²) < 4.78 is 2.24. The first-order valence-electron chi connectivity index (χ1n) is 11.3. The number of nitrogens with zero attached hydrogens (tertiary/aromatic N) is 3. The molecule has 2 aromatic rings. The summed E-state index contributed by atoms with van der Waals surface area (Å²) in [6.45, 7) is 18.0. The number of ketones is 1. The highest BCUT2D eigenvalue weighted by Crippen LogP contribution is 2.25. The molecule has 2 heterocycles. The van der Waals surface area contributed by atoms with Crippen molar-refractivity contribution in [2.75, 3.05) is 32.7 Å². The zero-order chi connectivity index (χ0) is 22.9. The Bertz CT molecular complexity index is 940. The van der Waals surface area contributed by atoms with E-state index >= 15 is 0 Å². The molecule has 5 nitrogen and oxygen atoms in total. The zero-order valence-corrected chi connectivity index (χ0v) is 20.2. The second kappa shape index (κ2) is 8.99. The average molecular weight is 424 g/mol. The van der Waals surface area contributed by atoms with E-state index in [1.54, 1.807) is 0 Å². The third-order valence-electron chi connectivity index (χ3n) is 6.25. The minimum absolute atomic E-state index is 0.0495. The maximum Gasteiger partial charge on any atom is 0.253 e. The topological polar surface area (TPSA) is 45.6 Å². The van der Waals surface area contributed by atoms with Gasteiger partial charge in [0.25, 0.3) is 5.91 Å². The Hall–Kier alpha value is -2.40. The van der Waals surface area contributed by atoms with Crippen molar-refractivity contribution in [3.05, 3.63) is 58.4 Å². The molecule has 0 saturated carbocycles. The van der Waals surface area contributed by atoms with Crippen LogP contribution in [0.2, 0.25) is 0 Å². The van der Waals surface area contributed by atoms with Crippen molar-refractivity contribution in [2.45, 2.75) is 59.9 Å². The average Bonchev–Trinajstić information content (AvgIpc) is 3.02. The first-order chi connectivity index (χ1) is 14.5. The Morgan fingerprint density at radius 3 is 2.03 bits per heavy atom. The van der Waals surface area contributed by atoms with Crippen LogP contribution >= 0.6 is 0 Å². The molecule has 0 aliphatic carbocycles. The Balaban J connectivity index is 1.59. The SMILES string of the molecule is Cc1cc(C(=O)CN2CCN(C(=O)c3ccc(C(C)C)cc3)CC2)c(C)n1C(C)(C)C. The number of hydrogen-bond donors (Lipinski definition) is 0. The predicted molar refractivity (Wildman–Crippen MR) is 126 cm³/mol. The highest BCUT2D eigenvalue weighted by atomic mass is 16.2. The highest BCUT2D eigenvalue weighted by molar-refractivity contribution is 5.99. The first kappa shape index (κ1) is 23.3. The van der Waals surface area contributed by atoms with Crippen molar-refractivity contribution >= 4 is 11.7 Å². The van der Waals surface area contributed by atoms with Gasteiger partial charge in [-0.2, -0.15) is 0 Å². The molecule has 1 fully saturated rings. The fraction of sp³-hybridized carbons (Fsp3) is 0.538. The quantitative estimate of drug-likeness (QED) is 0.659. The Morgan fingerprint density at radius 1 is 0.968 bits per heavy atom. The van der Waals surface area contributed by atoms with Crippen LogP contribution < -0.4 is 0 Å². The molecule has 3 rings (SSSR count). The molecule has 0 unspecified atom stereocenters. The first-order valence-corrected chi connectivity index (χ1v) is 11.3. The molecule has 0 N–H and O–H groups in total. The van der Waals surface area contributed by atoms with Crippen molar-refractivity contribution in [1.29, 1.82) is 0 Å². The molecule has 0 radical (unpaired) electrons. The number of aromatic nitrogens is 1. The number of hydrogen-bond acceptors (Lipinski definition) is 3. The van der Waals surface area contributed by atoms with Crippen LogP contribution in [0.1, 0.15) is 78.2 Å². The van der Waals surface area contributed by atoms with Gasteiger partial charge in [0.2, 0.25) is 0 Å². The van der Waals surface area contributed by atoms with Crippen molar-refractivity contribution in [3.63, 3.8) is 0 Å². The normalized spacial score (nSPS) is 15.5. The standard InChI is InChI=1S/C26H37N3O2/c1-18(2)21-8-10-22(11-9-21)25(31)28-14-12-27(13-15-28)17-24(30)23-16-19(3)29(20(23)4)26(5,6)7/h8-11,16,18H,12-15,17H2,1-7H3. The van der Waals surface area contributed by atoms with E-state index in [-0.39, 0.29) is 17.2 Å². The van der Waals surface area contributed by atoms with Crippen LogP contribution in [0.15, 0.2) is 30.3 Å². The number of piperazine rings is 1. The van der Waals surface area contributed by atoms with E-state index in [9.17, 15) is 9.59 Å². The molecule has 168 valence electrons. The smallest absolute Gasteiger partial charge is 0.253 e. The van der Waals surface area contributed by atoms with Gasteiger partial charge in [-0.15, -0.1) is 0 Å². The lowest BCUT2D eigenvalue weighted by atomic mass is 10.0. The van der Waals surface area contributed by atoms with Gasteiger partial charge >= 0.3 is 0 Å². The molecule has 0 spiro atoms. The molecule has 1 aliphatic heterocycles. The molecule has 1 aromatic heterocycles. The fourth-order valence-electron chi connectivity index (χ4n) is 4.67. The zero-order valence-electron chi connectivity index (χ0n) is 20.2. The summed E-state index contributed by atoms with van der Waals surface area (Å²) in [6.07, 6.45) is 0. The van der Waals surface area contributed by atoms with Gasteiger partial charge in [0.1, 0.15) is 0 Å². The van der Waals surface area contributed by atoms with E-state index in [4.69, 9.17) is 0 Å². The number of aryl methyl sites for hydroxylation is 1. The van der Waals surface area contributed by atoms with E-state index in [1.807, 2.05) is 42.2 Å². The van der Waals surface area contributed by atoms with Crippen molar-refractivity contribution in [3.8, 4) is 0 Å². The number of benzene rings is 1. The number of carbonyl (C=O) groups is 2. The number of rotatable bonds is 5. The van der Waals surface area contributed by atoms with Crippen LogP contribution in [0, 0.1) is 13.8 Å². The van der Waals surface area contributed by atoms with Gasteiger partial charge in [0, 0.05) is 54.2 Å². The summed E-state index contributed by atoms with van der Waals surface area (Å²) in [5.41, 5.74) is 4.90. The second-order valence-corrected chi connectivity index (χ2v) is 10.1. The lowest BCUT2D eigenvalue weighted by Gasteiger charge is -2.34. The van der Waals surface area contributed by atoms with Crippen LogP contribution in [0.4, 0.5) is 0 Å². The molecule has 1 saturated heterocycles. The maximum absolute atomic E-state index is 13.0. The van der Waals surface area contributed by atoms with Crippen LogP contribution in [-0.2, 0) is 5.54 Å². The largest absolute Gasteiger partial charge is 0.343 e. The number of amides is 1. The Morgan fingerprint density at radius 2 is 1.55 bits per heavy atom. The molecule has 0 bridgehead atoms. The van der Waals surface area contributed by atoms with Crippen molar-refractivity contribution in [1.82, 2.24) is 14.4 Å². The Kier molecular flexibility index (Phi) is 6.75. The molecule has 0 atom stereocenters. The molecular formula is C26H37N3O2. The lowest BCUT2D eigenvalue weighted by molar-refractivity contribution is 0.0624. The maximum atomic E-state index is 13.0. The van der Waals surface area contributed by atoms with Crippen LogP contribution in [0.5, 0.6) is 0 Å². The van der Waals surface area contributed by atoms with Crippen LogP contribution in [0.3, 0.4) is 0 Å². The van der Waals surface area contributed by atoms with Gasteiger partial charge in [-0.1, -0.05) is 26.0 Å². The van der Waals surface area contributed by atoms with Gasteiger partial charge in [-0.25, -0.2) is 0 Å². The van der Waals surface area contributed by atoms with Crippen molar-refractivity contribution < 1.29 is 9.59 Å². The molecular weight excluding hydrogens is 386 g/mol. The van der Waals surface area contributed by atoms with Gasteiger partial charge in [0.05, 0.1) is 6.54 Å². The molecule has 1 amide bonds. The van der Waals surface area contributed by atoms with Gasteiger partial charge in [0.15, 0.2) is 5.78 Å². The minimum Gasteiger partial charge on any atom is -0.343 e. The lowest BCUT2D eigenvalue weighted by Crippen LogP contribution is -2.49. The van der Waals surface area contributed by atoms with Crippen molar-refractivity contribution in [2.24, 2.45) is 0 Å². The molecule has 31 heavy (non-hydrogen) atoms.